The fourth-order valence-corrected chi connectivity index (χ4v) is 2.20. The van der Waals surface area contributed by atoms with Crippen LogP contribution >= 0.6 is 24.0 Å². The minimum atomic E-state index is 0. The van der Waals surface area contributed by atoms with Crippen LogP contribution in [0.1, 0.15) is 30.9 Å². The van der Waals surface area contributed by atoms with E-state index in [0.29, 0.717) is 18.9 Å². The van der Waals surface area contributed by atoms with E-state index in [9.17, 15) is 4.79 Å². The van der Waals surface area contributed by atoms with Gasteiger partial charge in [0.2, 0.25) is 5.91 Å². The van der Waals surface area contributed by atoms with Gasteiger partial charge in [0, 0.05) is 17.8 Å². The first-order chi connectivity index (χ1) is 11.6. The Hall–Kier alpha value is -2.09. The van der Waals surface area contributed by atoms with E-state index in [1.807, 2.05) is 62.4 Å². The molecule has 25 heavy (non-hydrogen) atoms. The predicted octanol–water partition coefficient (Wildman–Crippen LogP) is 4.28. The number of amides is 1. The highest BCUT2D eigenvalue weighted by molar-refractivity contribution is 14.0. The lowest BCUT2D eigenvalue weighted by Gasteiger charge is -2.07. The predicted molar refractivity (Wildman–Crippen MR) is 116 cm³/mol. The number of hydrogen-bond donors (Lipinski definition) is 3. The summed E-state index contributed by atoms with van der Waals surface area (Å²) in [6, 6.07) is 15.6. The summed E-state index contributed by atoms with van der Waals surface area (Å²) >= 11 is 0. The second-order valence-electron chi connectivity index (χ2n) is 5.69. The topological polar surface area (TPSA) is 79.5 Å². The first kappa shape index (κ1) is 21.0. The lowest BCUT2D eigenvalue weighted by atomic mass is 10.2. The van der Waals surface area contributed by atoms with Gasteiger partial charge in [-0.15, -0.1) is 24.0 Å². The molecule has 2 rings (SSSR count). The van der Waals surface area contributed by atoms with E-state index in [1.54, 1.807) is 0 Å². The van der Waals surface area contributed by atoms with Gasteiger partial charge in [-0.3, -0.25) is 4.79 Å². The van der Waals surface area contributed by atoms with Crippen molar-refractivity contribution in [3.8, 4) is 0 Å². The zero-order valence-electron chi connectivity index (χ0n) is 14.6. The minimum Gasteiger partial charge on any atom is -0.370 e. The third-order valence-electron chi connectivity index (χ3n) is 3.44. The first-order valence-electron chi connectivity index (χ1n) is 8.09. The Morgan fingerprint density at radius 3 is 2.48 bits per heavy atom. The molecule has 0 spiro atoms. The number of nitrogens with zero attached hydrogens (tertiary/aromatic N) is 1. The van der Waals surface area contributed by atoms with E-state index >= 15 is 0 Å². The highest BCUT2D eigenvalue weighted by Gasteiger charge is 2.02. The average molecular weight is 452 g/mol. The Morgan fingerprint density at radius 1 is 1.08 bits per heavy atom. The molecule has 4 N–H and O–H groups in total. The van der Waals surface area contributed by atoms with E-state index in [1.165, 1.54) is 5.56 Å². The largest absolute Gasteiger partial charge is 0.370 e. The Kier molecular flexibility index (Phi) is 8.98. The maximum atomic E-state index is 11.6. The zero-order chi connectivity index (χ0) is 17.4. The molecule has 2 aromatic rings. The molecule has 0 unspecified atom stereocenters. The standard InChI is InChI=1S/C19H24N4O.HI/c1-3-5-18(24)22-17-7-4-6-15(12-17)13-21-19(20)23-16-10-8-14(2)9-11-16;/h4,6-12H,3,5,13H2,1-2H3,(H,22,24)(H3,20,21,23);1H. The van der Waals surface area contributed by atoms with Crippen LogP contribution in [0.2, 0.25) is 0 Å². The van der Waals surface area contributed by atoms with E-state index in [0.717, 1.165) is 23.4 Å². The van der Waals surface area contributed by atoms with Gasteiger partial charge >= 0.3 is 0 Å². The molecule has 0 fully saturated rings. The fraction of sp³-hybridized carbons (Fsp3) is 0.263. The van der Waals surface area contributed by atoms with Gasteiger partial charge in [0.1, 0.15) is 0 Å². The molecule has 0 aliphatic rings. The molecule has 0 atom stereocenters. The zero-order valence-corrected chi connectivity index (χ0v) is 16.9. The van der Waals surface area contributed by atoms with Gasteiger partial charge in [0.25, 0.3) is 0 Å². The average Bonchev–Trinajstić information content (AvgIpc) is 2.56. The van der Waals surface area contributed by atoms with Gasteiger partial charge in [0.05, 0.1) is 6.54 Å². The van der Waals surface area contributed by atoms with Crippen molar-refractivity contribution in [1.29, 1.82) is 0 Å². The number of carbonyl (C=O) groups is 1. The molecule has 2 aromatic carbocycles. The molecular weight excluding hydrogens is 427 g/mol. The van der Waals surface area contributed by atoms with Crippen molar-refractivity contribution in [3.63, 3.8) is 0 Å². The van der Waals surface area contributed by atoms with Crippen LogP contribution in [0.3, 0.4) is 0 Å². The highest BCUT2D eigenvalue weighted by atomic mass is 127. The Balaban J connectivity index is 0.00000312. The third-order valence-corrected chi connectivity index (χ3v) is 3.44. The molecule has 5 nitrogen and oxygen atoms in total. The van der Waals surface area contributed by atoms with E-state index in [4.69, 9.17) is 5.73 Å². The summed E-state index contributed by atoms with van der Waals surface area (Å²) in [5.41, 5.74) is 9.78. The maximum Gasteiger partial charge on any atom is 0.224 e. The number of anilines is 2. The van der Waals surface area contributed by atoms with Crippen molar-refractivity contribution in [2.45, 2.75) is 33.2 Å². The minimum absolute atomic E-state index is 0. The highest BCUT2D eigenvalue weighted by Crippen LogP contribution is 2.13. The van der Waals surface area contributed by atoms with Crippen molar-refractivity contribution in [3.05, 3.63) is 59.7 Å². The Morgan fingerprint density at radius 2 is 1.80 bits per heavy atom. The molecular formula is C19H25IN4O. The van der Waals surface area contributed by atoms with Gasteiger partial charge in [-0.05, 0) is 43.2 Å². The molecule has 0 saturated heterocycles. The van der Waals surface area contributed by atoms with Crippen LogP contribution in [0.4, 0.5) is 11.4 Å². The number of rotatable bonds is 6. The first-order valence-corrected chi connectivity index (χ1v) is 8.09. The summed E-state index contributed by atoms with van der Waals surface area (Å²) in [7, 11) is 0. The summed E-state index contributed by atoms with van der Waals surface area (Å²) in [5, 5.41) is 5.94. The SMILES string of the molecule is CCCC(=O)Nc1cccc(CN=C(N)Nc2ccc(C)cc2)c1.I. The third kappa shape index (κ3) is 7.55. The van der Waals surface area contributed by atoms with Crippen LogP contribution < -0.4 is 16.4 Å². The number of benzene rings is 2. The quantitative estimate of drug-likeness (QED) is 0.348. The number of halogens is 1. The molecule has 0 aliphatic carbocycles. The number of aryl methyl sites for hydroxylation is 1. The molecule has 134 valence electrons. The fourth-order valence-electron chi connectivity index (χ4n) is 2.20. The van der Waals surface area contributed by atoms with Crippen molar-refractivity contribution < 1.29 is 4.79 Å². The summed E-state index contributed by atoms with van der Waals surface area (Å²) in [5.74, 6) is 0.387. The number of guanidine groups is 1. The normalized spacial score (nSPS) is 10.7. The van der Waals surface area contributed by atoms with Crippen LogP contribution in [-0.2, 0) is 11.3 Å². The summed E-state index contributed by atoms with van der Waals surface area (Å²) in [4.78, 5) is 16.0. The smallest absolute Gasteiger partial charge is 0.224 e. The number of hydrogen-bond acceptors (Lipinski definition) is 2. The molecule has 0 aliphatic heterocycles. The molecule has 1 amide bonds. The van der Waals surface area contributed by atoms with Crippen molar-refractivity contribution in [1.82, 2.24) is 0 Å². The second kappa shape index (κ2) is 10.7. The Bertz CT molecular complexity index is 714. The van der Waals surface area contributed by atoms with Gasteiger partial charge in [0.15, 0.2) is 5.96 Å². The molecule has 0 saturated carbocycles. The van der Waals surface area contributed by atoms with Crippen LogP contribution in [0, 0.1) is 6.92 Å². The number of aliphatic imine (C=N–C) groups is 1. The van der Waals surface area contributed by atoms with E-state index in [2.05, 4.69) is 15.6 Å². The maximum absolute atomic E-state index is 11.6. The van der Waals surface area contributed by atoms with Crippen LogP contribution in [0.25, 0.3) is 0 Å². The van der Waals surface area contributed by atoms with Crippen molar-refractivity contribution in [2.75, 3.05) is 10.6 Å². The number of nitrogens with two attached hydrogens (primary N) is 1. The lowest BCUT2D eigenvalue weighted by Crippen LogP contribution is -2.22. The summed E-state index contributed by atoms with van der Waals surface area (Å²) in [6.45, 7) is 4.46. The lowest BCUT2D eigenvalue weighted by molar-refractivity contribution is -0.116. The van der Waals surface area contributed by atoms with Gasteiger partial charge in [-0.25, -0.2) is 4.99 Å². The molecule has 6 heteroatoms. The van der Waals surface area contributed by atoms with Gasteiger partial charge < -0.3 is 16.4 Å². The van der Waals surface area contributed by atoms with Crippen LogP contribution in [-0.4, -0.2) is 11.9 Å². The second-order valence-corrected chi connectivity index (χ2v) is 5.69. The van der Waals surface area contributed by atoms with E-state index in [-0.39, 0.29) is 29.9 Å². The molecule has 0 aromatic heterocycles. The summed E-state index contributed by atoms with van der Waals surface area (Å²) < 4.78 is 0. The molecule has 0 radical (unpaired) electrons. The van der Waals surface area contributed by atoms with Gasteiger partial charge in [-0.2, -0.15) is 0 Å². The monoisotopic (exact) mass is 452 g/mol. The summed E-state index contributed by atoms with van der Waals surface area (Å²) in [6.07, 6.45) is 1.35. The van der Waals surface area contributed by atoms with Crippen LogP contribution in [0.15, 0.2) is 53.5 Å². The van der Waals surface area contributed by atoms with Gasteiger partial charge in [-0.1, -0.05) is 36.8 Å². The number of carbonyl (C=O) groups excluding carboxylic acids is 1. The van der Waals surface area contributed by atoms with Crippen LogP contribution in [0.5, 0.6) is 0 Å². The van der Waals surface area contributed by atoms with Crippen molar-refractivity contribution >= 4 is 47.2 Å². The molecule has 0 bridgehead atoms. The Labute approximate surface area is 166 Å². The van der Waals surface area contributed by atoms with Crippen molar-refractivity contribution in [2.24, 2.45) is 10.7 Å². The molecule has 0 heterocycles. The number of nitrogens with one attached hydrogen (secondary N) is 2. The van der Waals surface area contributed by atoms with E-state index < -0.39 is 0 Å².